The molecule has 1 N–H and O–H groups in total. The molecule has 0 fully saturated rings. The molecule has 0 aliphatic carbocycles. The normalized spacial score (nSPS) is 11.8. The lowest BCUT2D eigenvalue weighted by Crippen LogP contribution is -2.51. The second-order valence-corrected chi connectivity index (χ2v) is 8.42. The van der Waals surface area contributed by atoms with Gasteiger partial charge in [0, 0.05) is 13.1 Å². The highest BCUT2D eigenvalue weighted by molar-refractivity contribution is 5.88. The van der Waals surface area contributed by atoms with Crippen LogP contribution in [-0.2, 0) is 16.0 Å². The SMILES string of the molecule is CC[C@@H](C(=O)NCC(C)C)N(CCc1ccccc1)C(=O)COc1ccc(C)c(C)c1. The van der Waals surface area contributed by atoms with Gasteiger partial charge < -0.3 is 15.0 Å². The van der Waals surface area contributed by atoms with Crippen molar-refractivity contribution in [1.82, 2.24) is 10.2 Å². The Kier molecular flexibility index (Phi) is 9.57. The van der Waals surface area contributed by atoms with Gasteiger partial charge in [-0.15, -0.1) is 0 Å². The zero-order valence-electron chi connectivity index (χ0n) is 19.5. The number of aryl methyl sites for hydroxylation is 2. The highest BCUT2D eigenvalue weighted by atomic mass is 16.5. The Balaban J connectivity index is 2.12. The van der Waals surface area contributed by atoms with Crippen LogP contribution in [0.1, 0.15) is 43.9 Å². The van der Waals surface area contributed by atoms with Gasteiger partial charge in [-0.25, -0.2) is 0 Å². The summed E-state index contributed by atoms with van der Waals surface area (Å²) in [6.07, 6.45) is 1.23. The van der Waals surface area contributed by atoms with Crippen molar-refractivity contribution >= 4 is 11.8 Å². The zero-order valence-corrected chi connectivity index (χ0v) is 19.5. The second-order valence-electron chi connectivity index (χ2n) is 8.42. The van der Waals surface area contributed by atoms with E-state index in [-0.39, 0.29) is 18.4 Å². The fourth-order valence-electron chi connectivity index (χ4n) is 3.35. The molecule has 0 spiro atoms. The van der Waals surface area contributed by atoms with Gasteiger partial charge in [-0.05, 0) is 61.4 Å². The Morgan fingerprint density at radius 2 is 1.74 bits per heavy atom. The van der Waals surface area contributed by atoms with Crippen molar-refractivity contribution in [2.75, 3.05) is 19.7 Å². The molecule has 0 aliphatic heterocycles. The summed E-state index contributed by atoms with van der Waals surface area (Å²) in [6, 6.07) is 15.3. The summed E-state index contributed by atoms with van der Waals surface area (Å²) in [5.41, 5.74) is 3.43. The molecular formula is C26H36N2O3. The van der Waals surface area contributed by atoms with Gasteiger partial charge in [0.15, 0.2) is 6.61 Å². The van der Waals surface area contributed by atoms with Crippen molar-refractivity contribution in [2.24, 2.45) is 5.92 Å². The molecule has 2 amide bonds. The molecule has 0 saturated heterocycles. The van der Waals surface area contributed by atoms with Gasteiger partial charge in [-0.1, -0.05) is 57.2 Å². The maximum absolute atomic E-state index is 13.2. The van der Waals surface area contributed by atoms with Gasteiger partial charge in [0.1, 0.15) is 11.8 Å². The number of hydrogen-bond acceptors (Lipinski definition) is 3. The highest BCUT2D eigenvalue weighted by Gasteiger charge is 2.28. The van der Waals surface area contributed by atoms with E-state index >= 15 is 0 Å². The van der Waals surface area contributed by atoms with Gasteiger partial charge in [0.05, 0.1) is 0 Å². The van der Waals surface area contributed by atoms with E-state index in [1.165, 1.54) is 5.56 Å². The van der Waals surface area contributed by atoms with E-state index in [0.717, 1.165) is 11.1 Å². The summed E-state index contributed by atoms with van der Waals surface area (Å²) < 4.78 is 5.79. The average Bonchev–Trinajstić information content (AvgIpc) is 2.76. The standard InChI is InChI=1S/C26H36N2O3/c1-6-24(26(30)27-17-19(2)3)28(15-14-22-10-8-7-9-11-22)25(29)18-31-23-13-12-20(4)21(5)16-23/h7-13,16,19,24H,6,14-15,17-18H2,1-5H3,(H,27,30)/t24-/m0/s1. The minimum atomic E-state index is -0.515. The van der Waals surface area contributed by atoms with Crippen LogP contribution < -0.4 is 10.1 Å². The van der Waals surface area contributed by atoms with E-state index in [1.807, 2.05) is 69.3 Å². The minimum absolute atomic E-state index is 0.0920. The molecule has 2 aromatic rings. The van der Waals surface area contributed by atoms with Crippen LogP contribution in [0.25, 0.3) is 0 Å². The van der Waals surface area contributed by atoms with Crippen LogP contribution >= 0.6 is 0 Å². The highest BCUT2D eigenvalue weighted by Crippen LogP contribution is 2.17. The first-order valence-electron chi connectivity index (χ1n) is 11.1. The predicted molar refractivity (Wildman–Crippen MR) is 125 cm³/mol. The predicted octanol–water partition coefficient (Wildman–Crippen LogP) is 4.30. The first-order valence-corrected chi connectivity index (χ1v) is 11.1. The molecule has 31 heavy (non-hydrogen) atoms. The second kappa shape index (κ2) is 12.1. The fraction of sp³-hybridized carbons (Fsp3) is 0.462. The number of amides is 2. The third-order valence-electron chi connectivity index (χ3n) is 5.40. The Hall–Kier alpha value is -2.82. The maximum Gasteiger partial charge on any atom is 0.261 e. The lowest BCUT2D eigenvalue weighted by molar-refractivity contribution is -0.142. The van der Waals surface area contributed by atoms with Crippen LogP contribution in [0.5, 0.6) is 5.75 Å². The summed E-state index contributed by atoms with van der Waals surface area (Å²) in [5.74, 6) is 0.726. The smallest absolute Gasteiger partial charge is 0.261 e. The van der Waals surface area contributed by atoms with E-state index in [0.29, 0.717) is 37.6 Å². The van der Waals surface area contributed by atoms with E-state index in [1.54, 1.807) is 4.90 Å². The van der Waals surface area contributed by atoms with Gasteiger partial charge in [0.25, 0.3) is 5.91 Å². The van der Waals surface area contributed by atoms with Crippen LogP contribution in [-0.4, -0.2) is 42.5 Å². The Bertz CT molecular complexity index is 849. The molecule has 0 aromatic heterocycles. The number of carbonyl (C=O) groups excluding carboxylic acids is 2. The van der Waals surface area contributed by atoms with Crippen LogP contribution in [0.3, 0.4) is 0 Å². The number of benzene rings is 2. The largest absolute Gasteiger partial charge is 0.484 e. The molecule has 0 saturated carbocycles. The van der Waals surface area contributed by atoms with Gasteiger partial charge in [-0.3, -0.25) is 9.59 Å². The summed E-state index contributed by atoms with van der Waals surface area (Å²) >= 11 is 0. The molecule has 0 aliphatic rings. The number of ether oxygens (including phenoxy) is 1. The number of nitrogens with one attached hydrogen (secondary N) is 1. The van der Waals surface area contributed by atoms with Gasteiger partial charge in [-0.2, -0.15) is 0 Å². The van der Waals surface area contributed by atoms with Crippen LogP contribution in [0.2, 0.25) is 0 Å². The van der Waals surface area contributed by atoms with E-state index in [4.69, 9.17) is 4.74 Å². The van der Waals surface area contributed by atoms with Crippen LogP contribution in [0, 0.1) is 19.8 Å². The number of hydrogen-bond donors (Lipinski definition) is 1. The number of carbonyl (C=O) groups is 2. The van der Waals surface area contributed by atoms with Gasteiger partial charge >= 0.3 is 0 Å². The molecule has 0 heterocycles. The summed E-state index contributed by atoms with van der Waals surface area (Å²) in [6.45, 7) is 11.1. The third kappa shape index (κ3) is 7.74. The lowest BCUT2D eigenvalue weighted by atomic mass is 10.1. The zero-order chi connectivity index (χ0) is 22.8. The van der Waals surface area contributed by atoms with E-state index in [9.17, 15) is 9.59 Å². The van der Waals surface area contributed by atoms with Crippen molar-refractivity contribution in [3.8, 4) is 5.75 Å². The molecular weight excluding hydrogens is 388 g/mol. The summed E-state index contributed by atoms with van der Waals surface area (Å²) in [7, 11) is 0. The van der Waals surface area contributed by atoms with Crippen molar-refractivity contribution in [1.29, 1.82) is 0 Å². The lowest BCUT2D eigenvalue weighted by Gasteiger charge is -2.30. The molecule has 5 nitrogen and oxygen atoms in total. The van der Waals surface area contributed by atoms with Crippen molar-refractivity contribution in [3.63, 3.8) is 0 Å². The summed E-state index contributed by atoms with van der Waals surface area (Å²) in [5, 5.41) is 2.98. The van der Waals surface area contributed by atoms with Crippen molar-refractivity contribution in [3.05, 3.63) is 65.2 Å². The van der Waals surface area contributed by atoms with Crippen molar-refractivity contribution < 1.29 is 14.3 Å². The first-order chi connectivity index (χ1) is 14.8. The Labute approximate surface area is 186 Å². The molecule has 1 atom stereocenters. The Morgan fingerprint density at radius 1 is 1.03 bits per heavy atom. The molecule has 2 aromatic carbocycles. The topological polar surface area (TPSA) is 58.6 Å². The molecule has 0 radical (unpaired) electrons. The van der Waals surface area contributed by atoms with Crippen molar-refractivity contribution in [2.45, 2.75) is 53.5 Å². The van der Waals surface area contributed by atoms with Crippen LogP contribution in [0.4, 0.5) is 0 Å². The molecule has 0 bridgehead atoms. The van der Waals surface area contributed by atoms with E-state index in [2.05, 4.69) is 19.2 Å². The molecule has 5 heteroatoms. The quantitative estimate of drug-likeness (QED) is 0.585. The third-order valence-corrected chi connectivity index (χ3v) is 5.40. The monoisotopic (exact) mass is 424 g/mol. The molecule has 168 valence electrons. The fourth-order valence-corrected chi connectivity index (χ4v) is 3.35. The Morgan fingerprint density at radius 3 is 2.35 bits per heavy atom. The number of rotatable bonds is 11. The maximum atomic E-state index is 13.2. The summed E-state index contributed by atoms with van der Waals surface area (Å²) in [4.78, 5) is 27.7. The van der Waals surface area contributed by atoms with Gasteiger partial charge in [0.2, 0.25) is 5.91 Å². The first kappa shape index (κ1) is 24.4. The minimum Gasteiger partial charge on any atom is -0.484 e. The molecule has 0 unspecified atom stereocenters. The number of nitrogens with zero attached hydrogens (tertiary/aromatic N) is 1. The van der Waals surface area contributed by atoms with Crippen LogP contribution in [0.15, 0.2) is 48.5 Å². The van der Waals surface area contributed by atoms with E-state index < -0.39 is 6.04 Å². The molecule has 2 rings (SSSR count). The average molecular weight is 425 g/mol.